The molecule has 2 atom stereocenters. The summed E-state index contributed by atoms with van der Waals surface area (Å²) in [7, 11) is 0. The highest BCUT2D eigenvalue weighted by atomic mass is 19.4. The second-order valence-corrected chi connectivity index (χ2v) is 4.85. The summed E-state index contributed by atoms with van der Waals surface area (Å²) in [6.07, 6.45) is -1.05. The van der Waals surface area contributed by atoms with Gasteiger partial charge in [-0.2, -0.15) is 13.2 Å². The number of carbonyl (C=O) groups excluding carboxylic acids is 1. The highest BCUT2D eigenvalue weighted by molar-refractivity contribution is 5.81. The van der Waals surface area contributed by atoms with Crippen molar-refractivity contribution in [3.8, 4) is 0 Å². The van der Waals surface area contributed by atoms with Crippen LogP contribution in [0.25, 0.3) is 0 Å². The van der Waals surface area contributed by atoms with Gasteiger partial charge < -0.3 is 10.2 Å². The monoisotopic (exact) mass is 250 g/mol. The molecule has 6 heteroatoms. The molecule has 2 fully saturated rings. The fourth-order valence-corrected chi connectivity index (χ4v) is 2.82. The third-order valence-corrected chi connectivity index (χ3v) is 3.66. The van der Waals surface area contributed by atoms with E-state index in [0.29, 0.717) is 12.5 Å². The topological polar surface area (TPSA) is 32.3 Å². The summed E-state index contributed by atoms with van der Waals surface area (Å²) in [4.78, 5) is 12.1. The van der Waals surface area contributed by atoms with Gasteiger partial charge in [-0.1, -0.05) is 0 Å². The van der Waals surface area contributed by atoms with E-state index in [2.05, 4.69) is 5.32 Å². The Balaban J connectivity index is 1.94. The minimum absolute atomic E-state index is 0.178. The molecule has 2 saturated heterocycles. The number of piperidine rings is 1. The molecule has 98 valence electrons. The predicted molar refractivity (Wildman–Crippen MR) is 56.4 cm³/mol. The van der Waals surface area contributed by atoms with Crippen LogP contribution in [0.5, 0.6) is 0 Å². The van der Waals surface area contributed by atoms with Gasteiger partial charge >= 0.3 is 12.1 Å². The number of nitrogens with zero attached hydrogens (tertiary/aromatic N) is 1. The molecule has 1 amide bonds. The molecule has 0 radical (unpaired) electrons. The Labute approximate surface area is 98.3 Å². The van der Waals surface area contributed by atoms with Crippen LogP contribution in [0.15, 0.2) is 0 Å². The van der Waals surface area contributed by atoms with Gasteiger partial charge in [-0.05, 0) is 38.1 Å². The molecule has 0 aromatic rings. The van der Waals surface area contributed by atoms with E-state index in [4.69, 9.17) is 0 Å². The van der Waals surface area contributed by atoms with Crippen LogP contribution in [-0.4, -0.2) is 42.7 Å². The van der Waals surface area contributed by atoms with Crippen LogP contribution < -0.4 is 5.32 Å². The molecular formula is C11H17F3N2O. The van der Waals surface area contributed by atoms with Gasteiger partial charge in [0.25, 0.3) is 0 Å². The third kappa shape index (κ3) is 2.91. The largest absolute Gasteiger partial charge is 0.471 e. The highest BCUT2D eigenvalue weighted by Gasteiger charge is 2.44. The Morgan fingerprint density at radius 2 is 2.00 bits per heavy atom. The molecule has 2 rings (SSSR count). The lowest BCUT2D eigenvalue weighted by Gasteiger charge is -2.36. The maximum Gasteiger partial charge on any atom is 0.471 e. The van der Waals surface area contributed by atoms with Gasteiger partial charge in [0, 0.05) is 19.1 Å². The van der Waals surface area contributed by atoms with E-state index < -0.39 is 12.1 Å². The number of carbonyl (C=O) groups is 1. The normalized spacial score (nSPS) is 30.6. The molecule has 2 aliphatic rings. The highest BCUT2D eigenvalue weighted by Crippen LogP contribution is 2.27. The molecule has 0 bridgehead atoms. The fourth-order valence-electron chi connectivity index (χ4n) is 2.82. The van der Waals surface area contributed by atoms with Crippen molar-refractivity contribution < 1.29 is 18.0 Å². The van der Waals surface area contributed by atoms with E-state index in [9.17, 15) is 18.0 Å². The van der Waals surface area contributed by atoms with Gasteiger partial charge in [0.1, 0.15) is 0 Å². The molecule has 2 aliphatic heterocycles. The maximum absolute atomic E-state index is 12.3. The van der Waals surface area contributed by atoms with Crippen LogP contribution in [0.4, 0.5) is 13.2 Å². The molecule has 1 N–H and O–H groups in total. The Morgan fingerprint density at radius 3 is 2.59 bits per heavy atom. The lowest BCUT2D eigenvalue weighted by atomic mass is 9.90. The van der Waals surface area contributed by atoms with Gasteiger partial charge in [-0.3, -0.25) is 4.79 Å². The average molecular weight is 250 g/mol. The molecule has 3 nitrogen and oxygen atoms in total. The van der Waals surface area contributed by atoms with Crippen LogP contribution in [0, 0.1) is 5.92 Å². The molecule has 0 aromatic carbocycles. The summed E-state index contributed by atoms with van der Waals surface area (Å²) in [6.45, 7) is 1.42. The summed E-state index contributed by atoms with van der Waals surface area (Å²) < 4.78 is 37.0. The van der Waals surface area contributed by atoms with Crippen LogP contribution in [0.2, 0.25) is 0 Å². The number of nitrogens with one attached hydrogen (secondary N) is 1. The fraction of sp³-hybridized carbons (Fsp3) is 0.909. The first-order valence-corrected chi connectivity index (χ1v) is 6.08. The molecule has 0 spiro atoms. The lowest BCUT2D eigenvalue weighted by Crippen LogP contribution is -2.49. The third-order valence-electron chi connectivity index (χ3n) is 3.66. The van der Waals surface area contributed by atoms with Gasteiger partial charge in [0.2, 0.25) is 0 Å². The standard InChI is InChI=1S/C11H17F3N2O/c12-11(13,14)10(17)16-6-2-3-8(7-16)9-4-1-5-15-9/h8-9,15H,1-7H2. The van der Waals surface area contributed by atoms with E-state index >= 15 is 0 Å². The number of halogens is 3. The second-order valence-electron chi connectivity index (χ2n) is 4.85. The lowest BCUT2D eigenvalue weighted by molar-refractivity contribution is -0.187. The first kappa shape index (κ1) is 12.7. The van der Waals surface area contributed by atoms with Gasteiger partial charge in [0.15, 0.2) is 0 Å². The second kappa shape index (κ2) is 4.84. The van der Waals surface area contributed by atoms with Crippen molar-refractivity contribution in [3.63, 3.8) is 0 Å². The molecule has 0 aromatic heterocycles. The maximum atomic E-state index is 12.3. The molecule has 17 heavy (non-hydrogen) atoms. The van der Waals surface area contributed by atoms with Crippen molar-refractivity contribution in [2.24, 2.45) is 5.92 Å². The average Bonchev–Trinajstić information content (AvgIpc) is 2.80. The smallest absolute Gasteiger partial charge is 0.335 e. The zero-order chi connectivity index (χ0) is 12.5. The van der Waals surface area contributed by atoms with Crippen molar-refractivity contribution in [1.82, 2.24) is 10.2 Å². The minimum atomic E-state index is -4.73. The predicted octanol–water partition coefficient (Wildman–Crippen LogP) is 1.54. The Bertz CT molecular complexity index is 287. The van der Waals surface area contributed by atoms with Crippen molar-refractivity contribution >= 4 is 5.91 Å². The minimum Gasteiger partial charge on any atom is -0.335 e. The summed E-state index contributed by atoms with van der Waals surface area (Å²) >= 11 is 0. The number of rotatable bonds is 1. The molecule has 0 saturated carbocycles. The van der Waals surface area contributed by atoms with Crippen LogP contribution >= 0.6 is 0 Å². The quantitative estimate of drug-likeness (QED) is 0.765. The van der Waals surface area contributed by atoms with Crippen molar-refractivity contribution in [1.29, 1.82) is 0 Å². The van der Waals surface area contributed by atoms with E-state index in [1.54, 1.807) is 0 Å². The number of hydrogen-bond acceptors (Lipinski definition) is 2. The summed E-state index contributed by atoms with van der Waals surface area (Å²) in [5.41, 5.74) is 0. The summed E-state index contributed by atoms with van der Waals surface area (Å²) in [5, 5.41) is 3.31. The van der Waals surface area contributed by atoms with Crippen LogP contribution in [0.3, 0.4) is 0 Å². The number of amides is 1. The Morgan fingerprint density at radius 1 is 1.24 bits per heavy atom. The number of alkyl halides is 3. The van der Waals surface area contributed by atoms with Gasteiger partial charge in [-0.15, -0.1) is 0 Å². The molecule has 2 unspecified atom stereocenters. The number of likely N-dealkylation sites (tertiary alicyclic amines) is 1. The SMILES string of the molecule is O=C(N1CCCC(C2CCCN2)C1)C(F)(F)F. The van der Waals surface area contributed by atoms with E-state index in [1.807, 2.05) is 0 Å². The molecule has 2 heterocycles. The number of hydrogen-bond donors (Lipinski definition) is 1. The molecular weight excluding hydrogens is 233 g/mol. The van der Waals surface area contributed by atoms with E-state index in [1.165, 1.54) is 0 Å². The first-order chi connectivity index (χ1) is 7.98. The van der Waals surface area contributed by atoms with Gasteiger partial charge in [-0.25, -0.2) is 0 Å². The Kier molecular flexibility index (Phi) is 3.61. The molecule has 0 aliphatic carbocycles. The van der Waals surface area contributed by atoms with E-state index in [0.717, 1.165) is 30.7 Å². The Hall–Kier alpha value is -0.780. The van der Waals surface area contributed by atoms with Crippen LogP contribution in [0.1, 0.15) is 25.7 Å². The summed E-state index contributed by atoms with van der Waals surface area (Å²) in [5.74, 6) is -1.50. The summed E-state index contributed by atoms with van der Waals surface area (Å²) in [6, 6.07) is 0.291. The first-order valence-electron chi connectivity index (χ1n) is 6.08. The van der Waals surface area contributed by atoms with E-state index in [-0.39, 0.29) is 19.0 Å². The van der Waals surface area contributed by atoms with Crippen molar-refractivity contribution in [2.45, 2.75) is 37.9 Å². The van der Waals surface area contributed by atoms with Gasteiger partial charge in [0.05, 0.1) is 0 Å². The van der Waals surface area contributed by atoms with Crippen molar-refractivity contribution in [3.05, 3.63) is 0 Å². The van der Waals surface area contributed by atoms with Crippen molar-refractivity contribution in [2.75, 3.05) is 19.6 Å². The zero-order valence-corrected chi connectivity index (χ0v) is 9.59. The zero-order valence-electron chi connectivity index (χ0n) is 9.59. The van der Waals surface area contributed by atoms with Crippen LogP contribution in [-0.2, 0) is 4.79 Å².